The summed E-state index contributed by atoms with van der Waals surface area (Å²) in [4.78, 5) is 0. The van der Waals surface area contributed by atoms with E-state index in [4.69, 9.17) is 6.92 Å². The second-order valence-corrected chi connectivity index (χ2v) is 6.41. The molecule has 0 aliphatic heterocycles. The number of aromatic nitrogens is 2. The van der Waals surface area contributed by atoms with E-state index in [2.05, 4.69) is 16.3 Å². The zero-order valence-electron chi connectivity index (χ0n) is 9.58. The molecule has 16 heavy (non-hydrogen) atoms. The molecule has 0 atom stereocenters. The van der Waals surface area contributed by atoms with Crippen LogP contribution >= 0.6 is 0 Å². The molecule has 5 rings (SSSR count). The number of rotatable bonds is 1. The highest BCUT2D eigenvalue weighted by molar-refractivity contribution is 5.25. The standard InChI is InChI=1S/C14H18N2/c1-9-2-13(16-15-9)14-6-10-3-11(7-14)5-12(4-10)8-14/h1-2,10-12H,3-8H2,(H,15,16). The largest absolute Gasteiger partial charge is 0.282 e. The maximum atomic E-state index is 5.78. The second kappa shape index (κ2) is 2.91. The van der Waals surface area contributed by atoms with Gasteiger partial charge in [0.25, 0.3) is 0 Å². The van der Waals surface area contributed by atoms with E-state index in [0.717, 1.165) is 23.4 Å². The van der Waals surface area contributed by atoms with E-state index in [1.807, 2.05) is 0 Å². The fourth-order valence-corrected chi connectivity index (χ4v) is 5.03. The average molecular weight is 214 g/mol. The van der Waals surface area contributed by atoms with Gasteiger partial charge in [0.1, 0.15) is 0 Å². The highest BCUT2D eigenvalue weighted by atomic mass is 15.1. The summed E-state index contributed by atoms with van der Waals surface area (Å²) in [5.41, 5.74) is 2.37. The Kier molecular flexibility index (Phi) is 1.68. The molecule has 0 spiro atoms. The Morgan fingerprint density at radius 3 is 2.12 bits per heavy atom. The number of nitrogens with one attached hydrogen (secondary N) is 1. The summed E-state index contributed by atoms with van der Waals surface area (Å²) in [5.74, 6) is 2.93. The molecular formula is C14H18N2. The fourth-order valence-electron chi connectivity index (χ4n) is 5.03. The highest BCUT2D eigenvalue weighted by Crippen LogP contribution is 2.60. The number of aromatic amines is 1. The molecule has 0 saturated heterocycles. The Morgan fingerprint density at radius 2 is 1.69 bits per heavy atom. The second-order valence-electron chi connectivity index (χ2n) is 6.41. The Labute approximate surface area is 96.8 Å². The number of hydrogen-bond donors (Lipinski definition) is 1. The van der Waals surface area contributed by atoms with Crippen LogP contribution in [-0.4, -0.2) is 10.2 Å². The van der Waals surface area contributed by atoms with Gasteiger partial charge in [-0.3, -0.25) is 5.10 Å². The van der Waals surface area contributed by atoms with Crippen LogP contribution in [0.2, 0.25) is 0 Å². The third-order valence-electron chi connectivity index (χ3n) is 5.18. The van der Waals surface area contributed by atoms with Gasteiger partial charge in [0.05, 0.1) is 5.69 Å². The number of hydrogen-bond acceptors (Lipinski definition) is 1. The third-order valence-corrected chi connectivity index (χ3v) is 5.18. The molecule has 0 aromatic carbocycles. The van der Waals surface area contributed by atoms with Crippen molar-refractivity contribution in [2.75, 3.05) is 0 Å². The molecule has 1 aromatic heterocycles. The summed E-state index contributed by atoms with van der Waals surface area (Å²) < 4.78 is 0. The fraction of sp³-hybridized carbons (Fsp3) is 0.714. The summed E-state index contributed by atoms with van der Waals surface area (Å²) >= 11 is 0. The van der Waals surface area contributed by atoms with Crippen LogP contribution in [0.15, 0.2) is 6.07 Å². The van der Waals surface area contributed by atoms with Crippen molar-refractivity contribution < 1.29 is 0 Å². The van der Waals surface area contributed by atoms with Gasteiger partial charge in [-0.2, -0.15) is 5.10 Å². The zero-order chi connectivity index (χ0) is 10.8. The van der Waals surface area contributed by atoms with Gasteiger partial charge in [0.15, 0.2) is 0 Å². The van der Waals surface area contributed by atoms with Gasteiger partial charge in [-0.05, 0) is 62.3 Å². The normalized spacial score (nSPS) is 45.2. The van der Waals surface area contributed by atoms with Gasteiger partial charge in [-0.1, -0.05) is 0 Å². The van der Waals surface area contributed by atoms with Crippen molar-refractivity contribution in [1.82, 2.24) is 10.2 Å². The average Bonchev–Trinajstić information content (AvgIpc) is 2.63. The van der Waals surface area contributed by atoms with E-state index >= 15 is 0 Å². The van der Waals surface area contributed by atoms with Crippen molar-refractivity contribution >= 4 is 0 Å². The summed E-state index contributed by atoms with van der Waals surface area (Å²) in [6, 6.07) is 2.08. The molecule has 4 fully saturated rings. The molecule has 4 aliphatic rings. The molecule has 4 aliphatic carbocycles. The quantitative estimate of drug-likeness (QED) is 0.765. The van der Waals surface area contributed by atoms with Crippen molar-refractivity contribution in [3.8, 4) is 0 Å². The monoisotopic (exact) mass is 214 g/mol. The molecular weight excluding hydrogens is 196 g/mol. The van der Waals surface area contributed by atoms with E-state index in [1.54, 1.807) is 0 Å². The minimum atomic E-state index is 0.392. The van der Waals surface area contributed by atoms with Gasteiger partial charge in [0, 0.05) is 18.0 Å². The van der Waals surface area contributed by atoms with Crippen molar-refractivity contribution in [2.24, 2.45) is 17.8 Å². The van der Waals surface area contributed by atoms with Crippen LogP contribution in [0, 0.1) is 24.7 Å². The lowest BCUT2D eigenvalue weighted by Gasteiger charge is -2.56. The first-order chi connectivity index (χ1) is 7.73. The van der Waals surface area contributed by atoms with Crippen LogP contribution in [0.25, 0.3) is 0 Å². The van der Waals surface area contributed by atoms with Gasteiger partial charge < -0.3 is 0 Å². The van der Waals surface area contributed by atoms with Crippen molar-refractivity contribution in [3.63, 3.8) is 0 Å². The molecule has 2 nitrogen and oxygen atoms in total. The van der Waals surface area contributed by atoms with E-state index in [1.165, 1.54) is 44.2 Å². The molecule has 4 saturated carbocycles. The summed E-state index contributed by atoms with van der Waals surface area (Å²) in [5, 5.41) is 7.38. The Balaban J connectivity index is 1.76. The smallest absolute Gasteiger partial charge is 0.0687 e. The first-order valence-electron chi connectivity index (χ1n) is 6.55. The van der Waals surface area contributed by atoms with E-state index in [-0.39, 0.29) is 0 Å². The SMILES string of the molecule is [CH]c1cc(C23CC4CC(CC(C4)C2)C3)n[nH]1. The van der Waals surface area contributed by atoms with Crippen molar-refractivity contribution in [2.45, 2.75) is 43.9 Å². The zero-order valence-corrected chi connectivity index (χ0v) is 9.58. The lowest BCUT2D eigenvalue weighted by Crippen LogP contribution is -2.48. The Hall–Kier alpha value is -0.790. The predicted octanol–water partition coefficient (Wildman–Crippen LogP) is 2.94. The van der Waals surface area contributed by atoms with Gasteiger partial charge in [-0.15, -0.1) is 0 Å². The minimum absolute atomic E-state index is 0.392. The van der Waals surface area contributed by atoms with Crippen molar-refractivity contribution in [1.29, 1.82) is 0 Å². The molecule has 0 amide bonds. The van der Waals surface area contributed by atoms with Crippen LogP contribution in [-0.2, 0) is 5.41 Å². The van der Waals surface area contributed by atoms with Crippen LogP contribution in [0.5, 0.6) is 0 Å². The summed E-state index contributed by atoms with van der Waals surface area (Å²) in [6.07, 6.45) is 8.55. The van der Waals surface area contributed by atoms with Gasteiger partial charge >= 0.3 is 0 Å². The maximum Gasteiger partial charge on any atom is 0.0687 e. The third kappa shape index (κ3) is 1.16. The number of H-pyrrole nitrogens is 1. The first-order valence-corrected chi connectivity index (χ1v) is 6.55. The molecule has 84 valence electrons. The molecule has 4 bridgehead atoms. The summed E-state index contributed by atoms with van der Waals surface area (Å²) in [6.45, 7) is 5.78. The van der Waals surface area contributed by atoms with Gasteiger partial charge in [-0.25, -0.2) is 0 Å². The lowest BCUT2D eigenvalue weighted by atomic mass is 9.49. The van der Waals surface area contributed by atoms with Crippen LogP contribution in [0.1, 0.15) is 49.9 Å². The first kappa shape index (κ1) is 9.26. The van der Waals surface area contributed by atoms with Crippen molar-refractivity contribution in [3.05, 3.63) is 24.4 Å². The Morgan fingerprint density at radius 1 is 1.12 bits per heavy atom. The molecule has 2 radical (unpaired) electrons. The van der Waals surface area contributed by atoms with Crippen LogP contribution in [0.4, 0.5) is 0 Å². The van der Waals surface area contributed by atoms with Crippen LogP contribution < -0.4 is 0 Å². The molecule has 0 unspecified atom stereocenters. The highest BCUT2D eigenvalue weighted by Gasteiger charge is 2.52. The van der Waals surface area contributed by atoms with Gasteiger partial charge in [0.2, 0.25) is 0 Å². The molecule has 2 heteroatoms. The topological polar surface area (TPSA) is 28.7 Å². The predicted molar refractivity (Wildman–Crippen MR) is 61.8 cm³/mol. The molecule has 1 N–H and O–H groups in total. The van der Waals surface area contributed by atoms with Crippen LogP contribution in [0.3, 0.4) is 0 Å². The maximum absolute atomic E-state index is 5.78. The van der Waals surface area contributed by atoms with E-state index in [0.29, 0.717) is 5.41 Å². The minimum Gasteiger partial charge on any atom is -0.282 e. The Bertz CT molecular complexity index is 383. The lowest BCUT2D eigenvalue weighted by molar-refractivity contribution is -0.00721. The molecule has 1 heterocycles. The number of nitrogens with zero attached hydrogens (tertiary/aromatic N) is 1. The van der Waals surface area contributed by atoms with E-state index < -0.39 is 0 Å². The summed E-state index contributed by atoms with van der Waals surface area (Å²) in [7, 11) is 0. The molecule has 1 aromatic rings. The van der Waals surface area contributed by atoms with E-state index in [9.17, 15) is 0 Å².